The van der Waals surface area contributed by atoms with E-state index in [1.165, 1.54) is 0 Å². The summed E-state index contributed by atoms with van der Waals surface area (Å²) >= 11 is 6.41. The first-order valence-corrected chi connectivity index (χ1v) is 10.4. The maximum atomic E-state index is 13.1. The Balaban J connectivity index is 1.71. The number of imidazole rings is 1. The summed E-state index contributed by atoms with van der Waals surface area (Å²) in [7, 11) is 9.66. The molecule has 0 fully saturated rings. The molecule has 0 radical (unpaired) electrons. The average Bonchev–Trinajstić information content (AvgIpc) is 3.09. The highest BCUT2D eigenvalue weighted by Gasteiger charge is 2.19. The Morgan fingerprint density at radius 2 is 1.71 bits per heavy atom. The van der Waals surface area contributed by atoms with Crippen LogP contribution in [0.2, 0.25) is 5.02 Å². The van der Waals surface area contributed by atoms with Gasteiger partial charge in [0.05, 0.1) is 23.1 Å². The van der Waals surface area contributed by atoms with Gasteiger partial charge in [0, 0.05) is 35.3 Å². The van der Waals surface area contributed by atoms with Crippen LogP contribution in [-0.2, 0) is 7.05 Å². The van der Waals surface area contributed by atoms with Crippen molar-refractivity contribution in [3.05, 3.63) is 47.0 Å². The van der Waals surface area contributed by atoms with Gasteiger partial charge in [-0.2, -0.15) is 0 Å². The van der Waals surface area contributed by atoms with Crippen LogP contribution in [0.4, 0.5) is 5.82 Å². The third-order valence-corrected chi connectivity index (χ3v) is 6.63. The number of nitrogens with one attached hydrogen (secondary N) is 1. The molecule has 0 unspecified atom stereocenters. The number of amides is 1. The molecule has 0 bridgehead atoms. The van der Waals surface area contributed by atoms with Gasteiger partial charge in [0.1, 0.15) is 43.0 Å². The van der Waals surface area contributed by atoms with E-state index in [-0.39, 0.29) is 5.91 Å². The van der Waals surface area contributed by atoms with Gasteiger partial charge < -0.3 is 9.88 Å². The van der Waals surface area contributed by atoms with Crippen molar-refractivity contribution < 1.29 is 4.79 Å². The van der Waals surface area contributed by atoms with Crippen molar-refractivity contribution in [3.8, 4) is 11.4 Å². The van der Waals surface area contributed by atoms with E-state index in [9.17, 15) is 4.79 Å². The average molecular weight is 425 g/mol. The second kappa shape index (κ2) is 7.93. The number of pyridine rings is 2. The van der Waals surface area contributed by atoms with Crippen LogP contribution in [0, 0.1) is 6.92 Å². The molecule has 0 atom stereocenters. The molecule has 0 spiro atoms. The Hall–Kier alpha value is -2.99. The van der Waals surface area contributed by atoms with Crippen LogP contribution in [0.5, 0.6) is 0 Å². The molecule has 1 N–H and O–H groups in total. The summed E-state index contributed by atoms with van der Waals surface area (Å²) in [5.41, 5.74) is 6.71. The zero-order valence-electron chi connectivity index (χ0n) is 18.5. The number of carbonyl (C=O) groups excluding carboxylic acids is 1. The number of fused-ring (bicyclic) bond motifs is 1. The topological polar surface area (TPSA) is 72.7 Å². The van der Waals surface area contributed by atoms with E-state index in [0.717, 1.165) is 50.0 Å². The van der Waals surface area contributed by atoms with Crippen LogP contribution in [-0.4, -0.2) is 56.8 Å². The Morgan fingerprint density at radius 1 is 1.03 bits per heavy atom. The highest BCUT2D eigenvalue weighted by Crippen LogP contribution is 2.22. The number of hydrogen-bond donors (Lipinski definition) is 1. The molecule has 150 valence electrons. The number of rotatable bonds is 3. The molecule has 1 aromatic carbocycles. The van der Waals surface area contributed by atoms with E-state index in [1.807, 2.05) is 68.3 Å². The second-order valence-electron chi connectivity index (χ2n) is 7.85. The summed E-state index contributed by atoms with van der Waals surface area (Å²) in [4.78, 5) is 26.6. The van der Waals surface area contributed by atoms with Crippen molar-refractivity contribution in [3.63, 3.8) is 0 Å². The summed E-state index contributed by atoms with van der Waals surface area (Å²) in [5.74, 6) is 1.16. The number of anilines is 1. The van der Waals surface area contributed by atoms with Crippen LogP contribution in [0.25, 0.3) is 22.3 Å². The fraction of sp³-hybridized carbons (Fsp3) is 0.100. The number of aromatic nitrogens is 4. The number of aryl methyl sites for hydroxylation is 1. The van der Waals surface area contributed by atoms with Crippen molar-refractivity contribution in [1.29, 1.82) is 0 Å². The zero-order valence-corrected chi connectivity index (χ0v) is 19.2. The molecular weight excluding hydrogens is 405 g/mol. The summed E-state index contributed by atoms with van der Waals surface area (Å²) in [6.07, 6.45) is 3.53. The van der Waals surface area contributed by atoms with Crippen molar-refractivity contribution in [2.75, 3.05) is 5.32 Å². The van der Waals surface area contributed by atoms with Gasteiger partial charge in [-0.05, 0) is 19.1 Å². The van der Waals surface area contributed by atoms with Crippen LogP contribution in [0.3, 0.4) is 0 Å². The van der Waals surface area contributed by atoms with Crippen molar-refractivity contribution in [1.82, 2.24) is 19.5 Å². The van der Waals surface area contributed by atoms with Gasteiger partial charge in [-0.3, -0.25) is 4.79 Å². The van der Waals surface area contributed by atoms with Gasteiger partial charge in [0.2, 0.25) is 0 Å². The largest absolute Gasteiger partial charge is 0.330 e. The minimum absolute atomic E-state index is 0.205. The highest BCUT2D eigenvalue weighted by atomic mass is 35.5. The summed E-state index contributed by atoms with van der Waals surface area (Å²) in [6.45, 7) is 1.95. The van der Waals surface area contributed by atoms with Gasteiger partial charge in [0.25, 0.3) is 5.91 Å². The summed E-state index contributed by atoms with van der Waals surface area (Å²) in [6, 6.07) is 5.71. The minimum atomic E-state index is -0.205. The molecule has 6 nitrogen and oxygen atoms in total. The van der Waals surface area contributed by atoms with Crippen LogP contribution in [0.1, 0.15) is 16.2 Å². The van der Waals surface area contributed by atoms with E-state index >= 15 is 0 Å². The highest BCUT2D eigenvalue weighted by molar-refractivity contribution is 6.65. The first-order chi connectivity index (χ1) is 14.7. The molecule has 0 aliphatic heterocycles. The minimum Gasteiger partial charge on any atom is -0.330 e. The number of hydrogen-bond acceptors (Lipinski definition) is 4. The Bertz CT molecular complexity index is 1340. The Morgan fingerprint density at radius 3 is 2.32 bits per heavy atom. The van der Waals surface area contributed by atoms with Crippen LogP contribution >= 0.6 is 11.6 Å². The summed E-state index contributed by atoms with van der Waals surface area (Å²) < 4.78 is 1.99. The van der Waals surface area contributed by atoms with Gasteiger partial charge in [-0.1, -0.05) is 33.5 Å². The maximum absolute atomic E-state index is 13.1. The SMILES string of the molecule is Bc1c(B)c(C(=O)Nc2cc3nc(-c4cnc(C)n4C)ccc3cn2)c(B)c(B)c1Cl. The molecule has 3 aromatic heterocycles. The standard InChI is InChI=1S/C20H20B4ClN5O/c1-8-26-7-12(30(8)2)10-4-3-9-6-27-13(5-11(9)28-10)29-20(31)14-15(21)17(23)19(25)18(24)16(14)22/h3-7H,21-24H2,1-2H3,(H,27,29,31). The third kappa shape index (κ3) is 3.65. The number of halogens is 1. The molecule has 4 rings (SSSR count). The van der Waals surface area contributed by atoms with Gasteiger partial charge in [0.15, 0.2) is 0 Å². The molecule has 11 heteroatoms. The Kier molecular flexibility index (Phi) is 5.43. The molecule has 0 saturated heterocycles. The van der Waals surface area contributed by atoms with Crippen LogP contribution in [0.15, 0.2) is 30.6 Å². The molecule has 1 amide bonds. The molecule has 0 saturated carbocycles. The lowest BCUT2D eigenvalue weighted by Crippen LogP contribution is -2.47. The first kappa shape index (κ1) is 21.2. The lowest BCUT2D eigenvalue weighted by Gasteiger charge is -2.18. The van der Waals surface area contributed by atoms with E-state index in [2.05, 4.69) is 15.3 Å². The predicted octanol–water partition coefficient (Wildman–Crippen LogP) is -2.72. The first-order valence-electron chi connectivity index (χ1n) is 10.0. The lowest BCUT2D eigenvalue weighted by atomic mass is 9.67. The van der Waals surface area contributed by atoms with E-state index in [0.29, 0.717) is 16.4 Å². The smallest absolute Gasteiger partial charge is 0.255 e. The zero-order chi connectivity index (χ0) is 22.4. The number of carbonyl (C=O) groups is 1. The van der Waals surface area contributed by atoms with E-state index in [1.54, 1.807) is 12.3 Å². The van der Waals surface area contributed by atoms with Gasteiger partial charge in [-0.25, -0.2) is 15.0 Å². The monoisotopic (exact) mass is 425 g/mol. The Labute approximate surface area is 189 Å². The third-order valence-electron chi connectivity index (χ3n) is 6.06. The van der Waals surface area contributed by atoms with Crippen molar-refractivity contribution in [2.45, 2.75) is 6.92 Å². The quantitative estimate of drug-likeness (QED) is 0.363. The van der Waals surface area contributed by atoms with E-state index in [4.69, 9.17) is 16.6 Å². The molecule has 0 aliphatic rings. The van der Waals surface area contributed by atoms with E-state index < -0.39 is 0 Å². The molecule has 4 aromatic rings. The van der Waals surface area contributed by atoms with Crippen LogP contribution < -0.4 is 27.2 Å². The fourth-order valence-corrected chi connectivity index (χ4v) is 4.04. The number of benzene rings is 1. The summed E-state index contributed by atoms with van der Waals surface area (Å²) in [5, 5.41) is 4.53. The number of nitrogens with zero attached hydrogens (tertiary/aromatic N) is 4. The molecule has 0 aliphatic carbocycles. The lowest BCUT2D eigenvalue weighted by molar-refractivity contribution is 0.102. The second-order valence-corrected chi connectivity index (χ2v) is 8.23. The van der Waals surface area contributed by atoms with Crippen molar-refractivity contribution in [2.24, 2.45) is 7.05 Å². The van der Waals surface area contributed by atoms with Crippen molar-refractivity contribution >= 4 is 87.5 Å². The molecule has 3 heterocycles. The maximum Gasteiger partial charge on any atom is 0.255 e. The normalized spacial score (nSPS) is 11.1. The molecular formula is C20H20B4ClN5O. The van der Waals surface area contributed by atoms with Gasteiger partial charge >= 0.3 is 0 Å². The predicted molar refractivity (Wildman–Crippen MR) is 139 cm³/mol. The fourth-order valence-electron chi connectivity index (χ4n) is 3.75. The van der Waals surface area contributed by atoms with Gasteiger partial charge in [-0.15, -0.1) is 0 Å². The molecule has 31 heavy (non-hydrogen) atoms.